The van der Waals surface area contributed by atoms with E-state index in [0.29, 0.717) is 17.2 Å². The zero-order valence-electron chi connectivity index (χ0n) is 16.3. The normalized spacial score (nSPS) is 11.1. The number of benzene rings is 1. The Labute approximate surface area is 168 Å². The fourth-order valence-electron chi connectivity index (χ4n) is 2.48. The summed E-state index contributed by atoms with van der Waals surface area (Å²) in [6.07, 6.45) is 2.89. The summed E-state index contributed by atoms with van der Waals surface area (Å²) in [5.74, 6) is 5.95. The standard InChI is InChI=1S/C21H21FN6O/c1-3-4-5-9-12-17-13-14-18(22)19(23-17)15-29-25-20(16-10-7-6-8-11-16)21-24-26-27-28(21)2/h6-8,10-11,13-14H,3-5,15H2,1-2H3. The van der Waals surface area contributed by atoms with Gasteiger partial charge < -0.3 is 4.84 Å². The Bertz CT molecular complexity index is 1040. The summed E-state index contributed by atoms with van der Waals surface area (Å²) in [5.41, 5.74) is 1.86. The first-order valence-corrected chi connectivity index (χ1v) is 9.31. The van der Waals surface area contributed by atoms with Gasteiger partial charge in [-0.3, -0.25) is 0 Å². The van der Waals surface area contributed by atoms with Crippen molar-refractivity contribution in [1.82, 2.24) is 25.2 Å². The third-order valence-corrected chi connectivity index (χ3v) is 4.03. The van der Waals surface area contributed by atoms with E-state index in [1.807, 2.05) is 30.3 Å². The van der Waals surface area contributed by atoms with Crippen LogP contribution in [-0.2, 0) is 18.5 Å². The van der Waals surface area contributed by atoms with E-state index in [9.17, 15) is 4.39 Å². The van der Waals surface area contributed by atoms with E-state index in [-0.39, 0.29) is 12.3 Å². The van der Waals surface area contributed by atoms with E-state index in [0.717, 1.165) is 24.8 Å². The molecule has 1 aromatic carbocycles. The van der Waals surface area contributed by atoms with Gasteiger partial charge in [0.1, 0.15) is 17.2 Å². The number of halogens is 1. The van der Waals surface area contributed by atoms with Crippen LogP contribution < -0.4 is 0 Å². The van der Waals surface area contributed by atoms with Crippen LogP contribution in [0.4, 0.5) is 4.39 Å². The van der Waals surface area contributed by atoms with Gasteiger partial charge in [-0.2, -0.15) is 0 Å². The van der Waals surface area contributed by atoms with Gasteiger partial charge in [0.25, 0.3) is 0 Å². The van der Waals surface area contributed by atoms with Crippen molar-refractivity contribution in [3.63, 3.8) is 0 Å². The van der Waals surface area contributed by atoms with Crippen molar-refractivity contribution in [1.29, 1.82) is 0 Å². The van der Waals surface area contributed by atoms with E-state index in [1.54, 1.807) is 13.1 Å². The van der Waals surface area contributed by atoms with Gasteiger partial charge in [-0.25, -0.2) is 14.1 Å². The highest BCUT2D eigenvalue weighted by atomic mass is 19.1. The Balaban J connectivity index is 1.79. The van der Waals surface area contributed by atoms with Gasteiger partial charge in [0, 0.05) is 19.0 Å². The van der Waals surface area contributed by atoms with Gasteiger partial charge in [0.15, 0.2) is 12.3 Å². The number of rotatable bonds is 7. The Hall–Kier alpha value is -3.60. The van der Waals surface area contributed by atoms with E-state index in [1.165, 1.54) is 10.7 Å². The number of aryl methyl sites for hydroxylation is 1. The molecule has 8 heteroatoms. The van der Waals surface area contributed by atoms with Crippen LogP contribution >= 0.6 is 0 Å². The zero-order chi connectivity index (χ0) is 20.5. The molecule has 3 rings (SSSR count). The molecule has 0 saturated carbocycles. The smallest absolute Gasteiger partial charge is 0.204 e. The second-order valence-electron chi connectivity index (χ2n) is 6.24. The van der Waals surface area contributed by atoms with Crippen LogP contribution in [0.2, 0.25) is 0 Å². The number of unbranched alkanes of at least 4 members (excludes halogenated alkanes) is 2. The van der Waals surface area contributed by atoms with Crippen LogP contribution in [0.3, 0.4) is 0 Å². The molecular formula is C21H21FN6O. The Morgan fingerprint density at radius 3 is 2.76 bits per heavy atom. The first-order valence-electron chi connectivity index (χ1n) is 9.31. The number of oxime groups is 1. The highest BCUT2D eigenvalue weighted by molar-refractivity contribution is 6.10. The summed E-state index contributed by atoms with van der Waals surface area (Å²) in [7, 11) is 1.70. The number of aromatic nitrogens is 5. The summed E-state index contributed by atoms with van der Waals surface area (Å²) >= 11 is 0. The van der Waals surface area contributed by atoms with E-state index >= 15 is 0 Å². The predicted molar refractivity (Wildman–Crippen MR) is 106 cm³/mol. The molecule has 29 heavy (non-hydrogen) atoms. The second kappa shape index (κ2) is 10.1. The SMILES string of the molecule is CCCCC#Cc1ccc(F)c(CON=C(c2ccccc2)c2nnnn2C)n1. The van der Waals surface area contributed by atoms with Crippen molar-refractivity contribution in [3.8, 4) is 11.8 Å². The average molecular weight is 392 g/mol. The summed E-state index contributed by atoms with van der Waals surface area (Å²) < 4.78 is 15.6. The van der Waals surface area contributed by atoms with Crippen LogP contribution in [0.15, 0.2) is 47.6 Å². The number of hydrogen-bond acceptors (Lipinski definition) is 6. The predicted octanol–water partition coefficient (Wildman–Crippen LogP) is 3.26. The molecule has 0 aliphatic rings. The molecule has 0 spiro atoms. The molecule has 0 radical (unpaired) electrons. The maximum atomic E-state index is 14.1. The molecule has 148 valence electrons. The minimum Gasteiger partial charge on any atom is -0.389 e. The topological polar surface area (TPSA) is 78.1 Å². The highest BCUT2D eigenvalue weighted by Gasteiger charge is 2.15. The number of pyridine rings is 1. The molecule has 0 atom stereocenters. The zero-order valence-corrected chi connectivity index (χ0v) is 16.3. The minimum absolute atomic E-state index is 0.138. The van der Waals surface area contributed by atoms with Crippen molar-refractivity contribution in [2.45, 2.75) is 32.8 Å². The fraction of sp³-hybridized carbons (Fsp3) is 0.286. The molecular weight excluding hydrogens is 371 g/mol. The molecule has 0 aliphatic carbocycles. The van der Waals surface area contributed by atoms with Crippen molar-refractivity contribution < 1.29 is 9.23 Å². The molecule has 0 fully saturated rings. The van der Waals surface area contributed by atoms with Crippen molar-refractivity contribution in [2.24, 2.45) is 12.2 Å². The lowest BCUT2D eigenvalue weighted by Crippen LogP contribution is -2.12. The molecule has 7 nitrogen and oxygen atoms in total. The van der Waals surface area contributed by atoms with Crippen LogP contribution in [0.25, 0.3) is 0 Å². The molecule has 3 aromatic rings. The molecule has 0 bridgehead atoms. The number of tetrazole rings is 1. The molecule has 2 aromatic heterocycles. The van der Waals surface area contributed by atoms with Crippen LogP contribution in [-0.4, -0.2) is 30.9 Å². The first kappa shape index (κ1) is 20.1. The highest BCUT2D eigenvalue weighted by Crippen LogP contribution is 2.11. The number of hydrogen-bond donors (Lipinski definition) is 0. The Morgan fingerprint density at radius 2 is 2.03 bits per heavy atom. The van der Waals surface area contributed by atoms with Crippen LogP contribution in [0, 0.1) is 17.7 Å². The minimum atomic E-state index is -0.471. The lowest BCUT2D eigenvalue weighted by Gasteiger charge is -2.06. The fourth-order valence-corrected chi connectivity index (χ4v) is 2.48. The monoisotopic (exact) mass is 392 g/mol. The number of nitrogens with zero attached hydrogens (tertiary/aromatic N) is 6. The van der Waals surface area contributed by atoms with E-state index < -0.39 is 5.82 Å². The van der Waals surface area contributed by atoms with Gasteiger partial charge in [-0.1, -0.05) is 54.8 Å². The maximum Gasteiger partial charge on any atom is 0.204 e. The van der Waals surface area contributed by atoms with Gasteiger partial charge >= 0.3 is 0 Å². The van der Waals surface area contributed by atoms with Gasteiger partial charge in [-0.15, -0.1) is 5.10 Å². The average Bonchev–Trinajstić information content (AvgIpc) is 3.16. The molecule has 2 heterocycles. The molecule has 0 aliphatic heterocycles. The Kier molecular flexibility index (Phi) is 7.00. The van der Waals surface area contributed by atoms with Crippen molar-refractivity contribution >= 4 is 5.71 Å². The van der Waals surface area contributed by atoms with Crippen molar-refractivity contribution in [2.75, 3.05) is 0 Å². The molecule has 0 amide bonds. The summed E-state index contributed by atoms with van der Waals surface area (Å²) in [6.45, 7) is 1.96. The quantitative estimate of drug-likeness (QED) is 0.267. The first-order chi connectivity index (χ1) is 14.2. The third-order valence-electron chi connectivity index (χ3n) is 4.03. The molecule has 0 N–H and O–H groups in total. The molecule has 0 unspecified atom stereocenters. The van der Waals surface area contributed by atoms with E-state index in [4.69, 9.17) is 4.84 Å². The van der Waals surface area contributed by atoms with E-state index in [2.05, 4.69) is 44.4 Å². The second-order valence-corrected chi connectivity index (χ2v) is 6.24. The Morgan fingerprint density at radius 1 is 1.21 bits per heavy atom. The summed E-state index contributed by atoms with van der Waals surface area (Å²) in [5, 5.41) is 15.6. The maximum absolute atomic E-state index is 14.1. The lowest BCUT2D eigenvalue weighted by atomic mass is 10.1. The van der Waals surface area contributed by atoms with Crippen LogP contribution in [0.5, 0.6) is 0 Å². The largest absolute Gasteiger partial charge is 0.389 e. The van der Waals surface area contributed by atoms with Gasteiger partial charge in [0.2, 0.25) is 5.82 Å². The lowest BCUT2D eigenvalue weighted by molar-refractivity contribution is 0.125. The summed E-state index contributed by atoms with van der Waals surface area (Å²) in [6, 6.07) is 12.3. The summed E-state index contributed by atoms with van der Waals surface area (Å²) in [4.78, 5) is 9.65. The van der Waals surface area contributed by atoms with Gasteiger partial charge in [0.05, 0.1) is 0 Å². The van der Waals surface area contributed by atoms with Crippen molar-refractivity contribution in [3.05, 3.63) is 71.1 Å². The van der Waals surface area contributed by atoms with Gasteiger partial charge in [-0.05, 0) is 34.9 Å². The van der Waals surface area contributed by atoms with Crippen LogP contribution in [0.1, 0.15) is 49.0 Å². The molecule has 0 saturated heterocycles. The third kappa shape index (κ3) is 5.45.